The summed E-state index contributed by atoms with van der Waals surface area (Å²) in [5, 5.41) is 9.04. The largest absolute Gasteiger partial charge is 0.483 e. The van der Waals surface area contributed by atoms with Crippen LogP contribution in [-0.2, 0) is 11.9 Å². The molecular formula is C15H9BrF3NO. The van der Waals surface area contributed by atoms with Gasteiger partial charge in [0.15, 0.2) is 17.4 Å². The first-order chi connectivity index (χ1) is 10.0. The lowest BCUT2D eigenvalue weighted by atomic mass is 10.1. The van der Waals surface area contributed by atoms with E-state index in [0.717, 1.165) is 6.07 Å². The van der Waals surface area contributed by atoms with Gasteiger partial charge < -0.3 is 4.74 Å². The van der Waals surface area contributed by atoms with Crippen LogP contribution in [0.1, 0.15) is 16.7 Å². The number of hydrogen-bond acceptors (Lipinski definition) is 2. The monoisotopic (exact) mass is 355 g/mol. The summed E-state index contributed by atoms with van der Waals surface area (Å²) >= 11 is 3.11. The van der Waals surface area contributed by atoms with Gasteiger partial charge in [-0.05, 0) is 35.4 Å². The molecular weight excluding hydrogens is 347 g/mol. The molecule has 0 saturated carbocycles. The second-order valence-corrected chi connectivity index (χ2v) is 4.80. The van der Waals surface area contributed by atoms with Crippen LogP contribution in [0.15, 0.2) is 30.3 Å². The topological polar surface area (TPSA) is 33.0 Å². The third kappa shape index (κ3) is 3.56. The van der Waals surface area contributed by atoms with Gasteiger partial charge in [0.2, 0.25) is 0 Å². The lowest BCUT2D eigenvalue weighted by molar-refractivity contribution is 0.273. The fourth-order valence-electron chi connectivity index (χ4n) is 1.73. The van der Waals surface area contributed by atoms with E-state index >= 15 is 0 Å². The van der Waals surface area contributed by atoms with Crippen LogP contribution < -0.4 is 4.74 Å². The highest BCUT2D eigenvalue weighted by Gasteiger charge is 2.13. The van der Waals surface area contributed by atoms with E-state index < -0.39 is 23.2 Å². The molecule has 0 amide bonds. The van der Waals surface area contributed by atoms with Crippen molar-refractivity contribution < 1.29 is 17.9 Å². The van der Waals surface area contributed by atoms with Crippen LogP contribution in [0.25, 0.3) is 0 Å². The minimum atomic E-state index is -0.813. The van der Waals surface area contributed by atoms with Gasteiger partial charge in [-0.3, -0.25) is 0 Å². The van der Waals surface area contributed by atoms with Crippen molar-refractivity contribution in [1.29, 1.82) is 5.26 Å². The van der Waals surface area contributed by atoms with E-state index in [4.69, 9.17) is 10.00 Å². The molecule has 0 radical (unpaired) electrons. The normalized spacial score (nSPS) is 10.2. The summed E-state index contributed by atoms with van der Waals surface area (Å²) in [6.45, 7) is -0.170. The molecule has 108 valence electrons. The van der Waals surface area contributed by atoms with Crippen LogP contribution in [0, 0.1) is 28.8 Å². The molecule has 2 aromatic rings. The van der Waals surface area contributed by atoms with Crippen molar-refractivity contribution in [3.8, 4) is 11.8 Å². The highest BCUT2D eigenvalue weighted by atomic mass is 79.9. The Balaban J connectivity index is 2.19. The van der Waals surface area contributed by atoms with Gasteiger partial charge >= 0.3 is 0 Å². The maximum absolute atomic E-state index is 13.7. The first kappa shape index (κ1) is 15.4. The number of ether oxygens (including phenoxy) is 1. The predicted molar refractivity (Wildman–Crippen MR) is 74.4 cm³/mol. The van der Waals surface area contributed by atoms with E-state index in [-0.39, 0.29) is 12.2 Å². The summed E-state index contributed by atoms with van der Waals surface area (Å²) in [6.07, 6.45) is 0. The molecule has 0 unspecified atom stereocenters. The van der Waals surface area contributed by atoms with Crippen LogP contribution >= 0.6 is 15.9 Å². The molecule has 0 bridgehead atoms. The molecule has 0 aliphatic heterocycles. The molecule has 2 rings (SSSR count). The third-order valence-corrected chi connectivity index (χ3v) is 3.39. The molecule has 0 aromatic heterocycles. The summed E-state index contributed by atoms with van der Waals surface area (Å²) in [7, 11) is 0. The van der Waals surface area contributed by atoms with E-state index in [9.17, 15) is 13.2 Å². The SMILES string of the molecule is N#Cc1cc(COc2c(F)cc(CBr)cc2F)ccc1F. The summed E-state index contributed by atoms with van der Waals surface area (Å²) < 4.78 is 45.7. The Kier molecular flexibility index (Phi) is 4.86. The lowest BCUT2D eigenvalue weighted by Crippen LogP contribution is -2.01. The molecule has 0 heterocycles. The van der Waals surface area contributed by atoms with E-state index in [0.29, 0.717) is 16.5 Å². The van der Waals surface area contributed by atoms with Gasteiger partial charge in [0.25, 0.3) is 0 Å². The van der Waals surface area contributed by atoms with Crippen LogP contribution in [0.4, 0.5) is 13.2 Å². The zero-order valence-corrected chi connectivity index (χ0v) is 12.3. The lowest BCUT2D eigenvalue weighted by Gasteiger charge is -2.10. The van der Waals surface area contributed by atoms with E-state index in [1.165, 1.54) is 24.3 Å². The van der Waals surface area contributed by atoms with Crippen molar-refractivity contribution in [2.45, 2.75) is 11.9 Å². The van der Waals surface area contributed by atoms with Gasteiger partial charge in [-0.1, -0.05) is 22.0 Å². The van der Waals surface area contributed by atoms with E-state index in [2.05, 4.69) is 15.9 Å². The Morgan fingerprint density at radius 2 is 1.67 bits per heavy atom. The Labute approximate surface area is 127 Å². The van der Waals surface area contributed by atoms with Crippen LogP contribution in [0.2, 0.25) is 0 Å². The molecule has 0 fully saturated rings. The first-order valence-corrected chi connectivity index (χ1v) is 7.02. The van der Waals surface area contributed by atoms with Crippen molar-refractivity contribution in [2.24, 2.45) is 0 Å². The summed E-state index contributed by atoms with van der Waals surface area (Å²) in [4.78, 5) is 0. The molecule has 6 heteroatoms. The van der Waals surface area contributed by atoms with Gasteiger partial charge in [-0.2, -0.15) is 5.26 Å². The molecule has 21 heavy (non-hydrogen) atoms. The fourth-order valence-corrected chi connectivity index (χ4v) is 2.05. The van der Waals surface area contributed by atoms with Crippen LogP contribution in [-0.4, -0.2) is 0 Å². The molecule has 2 aromatic carbocycles. The standard InChI is InChI=1S/C15H9BrF3NO/c16-6-10-4-13(18)15(14(19)5-10)21-8-9-1-2-12(17)11(3-9)7-20/h1-5H,6,8H2. The molecule has 0 N–H and O–H groups in total. The second kappa shape index (κ2) is 6.64. The van der Waals surface area contributed by atoms with Gasteiger partial charge in [0.1, 0.15) is 18.5 Å². The highest BCUT2D eigenvalue weighted by Crippen LogP contribution is 2.25. The van der Waals surface area contributed by atoms with Crippen molar-refractivity contribution >= 4 is 15.9 Å². The number of benzene rings is 2. The quantitative estimate of drug-likeness (QED) is 0.759. The Morgan fingerprint density at radius 1 is 1.00 bits per heavy atom. The second-order valence-electron chi connectivity index (χ2n) is 4.24. The number of rotatable bonds is 4. The van der Waals surface area contributed by atoms with Crippen molar-refractivity contribution in [1.82, 2.24) is 0 Å². The minimum absolute atomic E-state index is 0.147. The van der Waals surface area contributed by atoms with Crippen LogP contribution in [0.3, 0.4) is 0 Å². The number of hydrogen-bond donors (Lipinski definition) is 0. The van der Waals surface area contributed by atoms with Gasteiger partial charge in [0.05, 0.1) is 5.56 Å². The smallest absolute Gasteiger partial charge is 0.191 e. The molecule has 0 aliphatic carbocycles. The highest BCUT2D eigenvalue weighted by molar-refractivity contribution is 9.08. The number of nitriles is 1. The minimum Gasteiger partial charge on any atom is -0.483 e. The van der Waals surface area contributed by atoms with Crippen molar-refractivity contribution in [2.75, 3.05) is 0 Å². The summed E-state index contributed by atoms with van der Waals surface area (Å²) in [5.41, 5.74) is 0.744. The molecule has 2 nitrogen and oxygen atoms in total. The van der Waals surface area contributed by atoms with Gasteiger partial charge in [-0.15, -0.1) is 0 Å². The van der Waals surface area contributed by atoms with Gasteiger partial charge in [-0.25, -0.2) is 13.2 Å². The van der Waals surface area contributed by atoms with Crippen molar-refractivity contribution in [3.63, 3.8) is 0 Å². The summed E-state index contributed by atoms with van der Waals surface area (Å²) in [6, 6.07) is 7.79. The van der Waals surface area contributed by atoms with Crippen LogP contribution in [0.5, 0.6) is 5.75 Å². The molecule has 0 spiro atoms. The predicted octanol–water partition coefficient (Wildman–Crippen LogP) is 4.45. The number of alkyl halides is 1. The number of halogens is 4. The zero-order chi connectivity index (χ0) is 15.4. The fraction of sp³-hybridized carbons (Fsp3) is 0.133. The molecule has 0 atom stereocenters. The zero-order valence-electron chi connectivity index (χ0n) is 10.7. The Hall–Kier alpha value is -2.00. The van der Waals surface area contributed by atoms with E-state index in [1.807, 2.05) is 0 Å². The third-order valence-electron chi connectivity index (χ3n) is 2.75. The first-order valence-electron chi connectivity index (χ1n) is 5.90. The number of nitrogens with zero attached hydrogens (tertiary/aromatic N) is 1. The Bertz CT molecular complexity index is 690. The molecule has 0 saturated heterocycles. The van der Waals surface area contributed by atoms with Gasteiger partial charge in [0, 0.05) is 5.33 Å². The van der Waals surface area contributed by atoms with Crippen molar-refractivity contribution in [3.05, 3.63) is 64.5 Å². The Morgan fingerprint density at radius 3 is 2.24 bits per heavy atom. The average molecular weight is 356 g/mol. The van der Waals surface area contributed by atoms with E-state index in [1.54, 1.807) is 6.07 Å². The maximum atomic E-state index is 13.7. The maximum Gasteiger partial charge on any atom is 0.191 e. The molecule has 0 aliphatic rings. The summed E-state index contributed by atoms with van der Waals surface area (Å²) in [5.74, 6) is -2.78. The average Bonchev–Trinajstić information content (AvgIpc) is 2.47.